The van der Waals surface area contributed by atoms with Crippen LogP contribution in [-0.4, -0.2) is 30.8 Å². The van der Waals surface area contributed by atoms with Crippen molar-refractivity contribution in [3.05, 3.63) is 29.3 Å². The summed E-state index contributed by atoms with van der Waals surface area (Å²) in [7, 11) is -3.62. The molecule has 1 atom stereocenters. The maximum absolute atomic E-state index is 12.5. The van der Waals surface area contributed by atoms with Gasteiger partial charge in [-0.05, 0) is 12.1 Å². The minimum absolute atomic E-state index is 0.105. The smallest absolute Gasteiger partial charge is 0.244 e. The van der Waals surface area contributed by atoms with Crippen LogP contribution in [0.1, 0.15) is 13.8 Å². The van der Waals surface area contributed by atoms with Crippen molar-refractivity contribution in [2.75, 3.05) is 13.1 Å². The summed E-state index contributed by atoms with van der Waals surface area (Å²) in [6.07, 6.45) is 0. The van der Waals surface area contributed by atoms with E-state index in [4.69, 9.17) is 29.6 Å². The van der Waals surface area contributed by atoms with E-state index in [2.05, 4.69) is 0 Å². The molecule has 0 spiro atoms. The average Bonchev–Trinajstić information content (AvgIpc) is 2.35. The summed E-state index contributed by atoms with van der Waals surface area (Å²) < 4.78 is 26.3. The van der Waals surface area contributed by atoms with E-state index in [-0.39, 0.29) is 22.4 Å². The second kappa shape index (κ2) is 6.65. The van der Waals surface area contributed by atoms with Crippen molar-refractivity contribution < 1.29 is 8.42 Å². The summed E-state index contributed by atoms with van der Waals surface area (Å²) >= 11 is 10.8. The van der Waals surface area contributed by atoms with Crippen molar-refractivity contribution in [1.82, 2.24) is 4.31 Å². The Morgan fingerprint density at radius 3 is 2.53 bits per heavy atom. The molecule has 1 aromatic carbocycles. The van der Waals surface area contributed by atoms with Crippen molar-refractivity contribution >= 4 is 38.8 Å². The molecule has 0 radical (unpaired) electrons. The van der Waals surface area contributed by atoms with E-state index in [0.29, 0.717) is 11.5 Å². The van der Waals surface area contributed by atoms with Crippen LogP contribution in [-0.2, 0) is 10.0 Å². The summed E-state index contributed by atoms with van der Waals surface area (Å²) in [6, 6.07) is 6.38. The van der Waals surface area contributed by atoms with E-state index in [1.54, 1.807) is 32.0 Å². The lowest BCUT2D eigenvalue weighted by molar-refractivity contribution is 0.405. The third-order valence-electron chi connectivity index (χ3n) is 2.77. The molecule has 0 aliphatic heterocycles. The van der Waals surface area contributed by atoms with E-state index >= 15 is 0 Å². The number of benzene rings is 1. The number of rotatable bonds is 6. The molecule has 0 heterocycles. The molecule has 2 N–H and O–H groups in total. The summed E-state index contributed by atoms with van der Waals surface area (Å²) in [5.41, 5.74) is 5.53. The number of nitrogens with two attached hydrogens (primary N) is 1. The van der Waals surface area contributed by atoms with Crippen LogP contribution in [0.3, 0.4) is 0 Å². The standard InChI is InChI=1S/C12H17ClN2O2S2/c1-3-15(8-9(2)12(14)18)19(16,17)11-7-5-4-6-10(11)13/h4-7,9H,3,8H2,1-2H3,(H2,14,18). The first-order valence-corrected chi connectivity index (χ1v) is 8.07. The van der Waals surface area contributed by atoms with Crippen LogP contribution in [0, 0.1) is 5.92 Å². The number of halogens is 1. The van der Waals surface area contributed by atoms with Crippen molar-refractivity contribution in [3.63, 3.8) is 0 Å². The highest BCUT2D eigenvalue weighted by Crippen LogP contribution is 2.24. The summed E-state index contributed by atoms with van der Waals surface area (Å²) in [6.45, 7) is 4.15. The first-order valence-electron chi connectivity index (χ1n) is 5.84. The fourth-order valence-corrected chi connectivity index (χ4v) is 3.69. The summed E-state index contributed by atoms with van der Waals surface area (Å²) in [5.74, 6) is -0.188. The largest absolute Gasteiger partial charge is 0.393 e. The molecular weight excluding hydrogens is 304 g/mol. The molecular formula is C12H17ClN2O2S2. The lowest BCUT2D eigenvalue weighted by Crippen LogP contribution is -2.38. The Hall–Kier alpha value is -0.690. The second-order valence-corrected chi connectivity index (χ2v) is 6.97. The SMILES string of the molecule is CCN(CC(C)C(N)=S)S(=O)(=O)c1ccccc1Cl. The quantitative estimate of drug-likeness (QED) is 0.817. The van der Waals surface area contributed by atoms with Gasteiger partial charge in [0.15, 0.2) is 0 Å². The Balaban J connectivity index is 3.10. The van der Waals surface area contributed by atoms with Crippen molar-refractivity contribution in [2.45, 2.75) is 18.7 Å². The van der Waals surface area contributed by atoms with Gasteiger partial charge in [0, 0.05) is 19.0 Å². The highest BCUT2D eigenvalue weighted by Gasteiger charge is 2.27. The fourth-order valence-electron chi connectivity index (χ4n) is 1.59. The predicted molar refractivity (Wildman–Crippen MR) is 81.8 cm³/mol. The van der Waals surface area contributed by atoms with Crippen molar-refractivity contribution in [2.24, 2.45) is 11.7 Å². The molecule has 0 aliphatic carbocycles. The van der Waals surface area contributed by atoms with Gasteiger partial charge in [0.05, 0.1) is 10.0 Å². The molecule has 1 rings (SSSR count). The van der Waals surface area contributed by atoms with E-state index in [0.717, 1.165) is 0 Å². The average molecular weight is 321 g/mol. The van der Waals surface area contributed by atoms with Gasteiger partial charge in [-0.1, -0.05) is 49.8 Å². The molecule has 1 unspecified atom stereocenters. The van der Waals surface area contributed by atoms with Gasteiger partial charge in [0.1, 0.15) is 4.90 Å². The summed E-state index contributed by atoms with van der Waals surface area (Å²) in [5, 5.41) is 0.212. The Morgan fingerprint density at radius 2 is 2.05 bits per heavy atom. The molecule has 1 aromatic rings. The Morgan fingerprint density at radius 1 is 1.47 bits per heavy atom. The van der Waals surface area contributed by atoms with Gasteiger partial charge in [0.2, 0.25) is 10.0 Å². The van der Waals surface area contributed by atoms with E-state index < -0.39 is 10.0 Å². The first-order chi connectivity index (χ1) is 8.80. The maximum Gasteiger partial charge on any atom is 0.244 e. The van der Waals surface area contributed by atoms with Crippen molar-refractivity contribution in [1.29, 1.82) is 0 Å². The molecule has 0 aliphatic rings. The predicted octanol–water partition coefficient (Wildman–Crippen LogP) is 2.27. The van der Waals surface area contributed by atoms with Crippen LogP contribution in [0.5, 0.6) is 0 Å². The third kappa shape index (κ3) is 3.89. The van der Waals surface area contributed by atoms with Crippen LogP contribution in [0.25, 0.3) is 0 Å². The molecule has 0 aromatic heterocycles. The molecule has 19 heavy (non-hydrogen) atoms. The van der Waals surface area contributed by atoms with Crippen LogP contribution < -0.4 is 5.73 Å². The monoisotopic (exact) mass is 320 g/mol. The van der Waals surface area contributed by atoms with E-state index in [9.17, 15) is 8.42 Å². The molecule has 0 fully saturated rings. The van der Waals surface area contributed by atoms with Gasteiger partial charge in [-0.2, -0.15) is 4.31 Å². The Kier molecular flexibility index (Phi) is 5.73. The van der Waals surface area contributed by atoms with Crippen LogP contribution in [0.2, 0.25) is 5.02 Å². The van der Waals surface area contributed by atoms with E-state index in [1.807, 2.05) is 0 Å². The van der Waals surface area contributed by atoms with Gasteiger partial charge < -0.3 is 5.73 Å². The van der Waals surface area contributed by atoms with Gasteiger partial charge in [-0.25, -0.2) is 8.42 Å². The minimum atomic E-state index is -3.62. The van der Waals surface area contributed by atoms with Gasteiger partial charge in [-0.3, -0.25) is 0 Å². The highest BCUT2D eigenvalue weighted by atomic mass is 35.5. The maximum atomic E-state index is 12.5. The molecule has 0 saturated heterocycles. The highest BCUT2D eigenvalue weighted by molar-refractivity contribution is 7.89. The third-order valence-corrected chi connectivity index (χ3v) is 5.61. The minimum Gasteiger partial charge on any atom is -0.393 e. The van der Waals surface area contributed by atoms with Gasteiger partial charge in [-0.15, -0.1) is 0 Å². The topological polar surface area (TPSA) is 63.4 Å². The van der Waals surface area contributed by atoms with Crippen LogP contribution >= 0.6 is 23.8 Å². The van der Waals surface area contributed by atoms with Crippen LogP contribution in [0.15, 0.2) is 29.2 Å². The number of sulfonamides is 1. The Labute approximate surface area is 124 Å². The molecule has 0 bridgehead atoms. The lowest BCUT2D eigenvalue weighted by atomic mass is 10.2. The lowest BCUT2D eigenvalue weighted by Gasteiger charge is -2.23. The number of hydrogen-bond acceptors (Lipinski definition) is 3. The Bertz CT molecular complexity index is 561. The second-order valence-electron chi connectivity index (χ2n) is 4.19. The normalized spacial score (nSPS) is 13.5. The molecule has 0 amide bonds. The first kappa shape index (κ1) is 16.4. The molecule has 7 heteroatoms. The molecule has 0 saturated carbocycles. The van der Waals surface area contributed by atoms with Crippen LogP contribution in [0.4, 0.5) is 0 Å². The van der Waals surface area contributed by atoms with Gasteiger partial charge in [0.25, 0.3) is 0 Å². The van der Waals surface area contributed by atoms with Gasteiger partial charge >= 0.3 is 0 Å². The van der Waals surface area contributed by atoms with E-state index in [1.165, 1.54) is 10.4 Å². The summed E-state index contributed by atoms with van der Waals surface area (Å²) in [4.78, 5) is 0.404. The molecule has 4 nitrogen and oxygen atoms in total. The zero-order valence-corrected chi connectivity index (χ0v) is 13.2. The number of thiocarbonyl (C=S) groups is 1. The molecule has 106 valence electrons. The fraction of sp³-hybridized carbons (Fsp3) is 0.417. The zero-order chi connectivity index (χ0) is 14.6. The number of hydrogen-bond donors (Lipinski definition) is 1. The number of nitrogens with zero attached hydrogens (tertiary/aromatic N) is 1. The van der Waals surface area contributed by atoms with Crippen molar-refractivity contribution in [3.8, 4) is 0 Å². The zero-order valence-electron chi connectivity index (χ0n) is 10.8.